The summed E-state index contributed by atoms with van der Waals surface area (Å²) in [4.78, 5) is 10.7. The molecule has 0 saturated carbocycles. The maximum absolute atomic E-state index is 5.70. The molecule has 2 N–H and O–H groups in total. The number of rotatable bonds is 4. The number of aromatic nitrogens is 2. The van der Waals surface area contributed by atoms with Gasteiger partial charge in [-0.15, -0.1) is 0 Å². The van der Waals surface area contributed by atoms with E-state index in [0.717, 1.165) is 31.2 Å². The third-order valence-corrected chi connectivity index (χ3v) is 3.00. The molecule has 0 aliphatic carbocycles. The van der Waals surface area contributed by atoms with Crippen LogP contribution in [0.15, 0.2) is 12.3 Å². The number of nitrogens with two attached hydrogens (primary N) is 1. The first-order chi connectivity index (χ1) is 8.29. The van der Waals surface area contributed by atoms with E-state index >= 15 is 0 Å². The zero-order valence-electron chi connectivity index (χ0n) is 10.3. The normalized spacial score (nSPS) is 20.2. The molecule has 0 spiro atoms. The fourth-order valence-corrected chi connectivity index (χ4v) is 2.02. The van der Waals surface area contributed by atoms with Crippen molar-refractivity contribution in [2.75, 3.05) is 25.1 Å². The maximum Gasteiger partial charge on any atom is 0.225 e. The SMILES string of the molecule is CN(CC1CCCCO1)c1nccc(CN)n1. The summed E-state index contributed by atoms with van der Waals surface area (Å²) in [6.45, 7) is 2.17. The summed E-state index contributed by atoms with van der Waals surface area (Å²) in [5, 5.41) is 0. The van der Waals surface area contributed by atoms with E-state index in [0.29, 0.717) is 12.6 Å². The van der Waals surface area contributed by atoms with Gasteiger partial charge >= 0.3 is 0 Å². The summed E-state index contributed by atoms with van der Waals surface area (Å²) in [6.07, 6.45) is 5.62. The van der Waals surface area contributed by atoms with Gasteiger partial charge in [0.1, 0.15) is 0 Å². The van der Waals surface area contributed by atoms with Gasteiger partial charge in [0.05, 0.1) is 11.8 Å². The van der Waals surface area contributed by atoms with Crippen LogP contribution in [-0.4, -0.2) is 36.3 Å². The summed E-state index contributed by atoms with van der Waals surface area (Å²) in [5.41, 5.74) is 6.44. The zero-order valence-corrected chi connectivity index (χ0v) is 10.3. The number of hydrogen-bond acceptors (Lipinski definition) is 5. The highest BCUT2D eigenvalue weighted by Crippen LogP contribution is 2.15. The van der Waals surface area contributed by atoms with Crippen LogP contribution in [0.4, 0.5) is 5.95 Å². The number of nitrogens with zero attached hydrogens (tertiary/aromatic N) is 3. The van der Waals surface area contributed by atoms with Gasteiger partial charge in [0.25, 0.3) is 0 Å². The second kappa shape index (κ2) is 5.93. The standard InChI is InChI=1S/C12H20N4O/c1-16(9-11-4-2-3-7-17-11)12-14-6-5-10(8-13)15-12/h5-6,11H,2-4,7-9,13H2,1H3. The minimum atomic E-state index is 0.305. The predicted octanol–water partition coefficient (Wildman–Crippen LogP) is 0.941. The third kappa shape index (κ3) is 3.38. The van der Waals surface area contributed by atoms with E-state index in [9.17, 15) is 0 Å². The monoisotopic (exact) mass is 236 g/mol. The average molecular weight is 236 g/mol. The van der Waals surface area contributed by atoms with E-state index in [2.05, 4.69) is 9.97 Å². The maximum atomic E-state index is 5.70. The smallest absolute Gasteiger partial charge is 0.225 e. The largest absolute Gasteiger partial charge is 0.376 e. The minimum absolute atomic E-state index is 0.305. The van der Waals surface area contributed by atoms with E-state index in [-0.39, 0.29) is 0 Å². The van der Waals surface area contributed by atoms with Crippen LogP contribution in [0.5, 0.6) is 0 Å². The molecule has 1 unspecified atom stereocenters. The number of anilines is 1. The van der Waals surface area contributed by atoms with Crippen LogP contribution in [0.1, 0.15) is 25.0 Å². The second-order valence-corrected chi connectivity index (χ2v) is 4.42. The lowest BCUT2D eigenvalue weighted by Crippen LogP contribution is -2.34. The first-order valence-electron chi connectivity index (χ1n) is 6.14. The number of hydrogen-bond donors (Lipinski definition) is 1. The van der Waals surface area contributed by atoms with Crippen LogP contribution in [-0.2, 0) is 11.3 Å². The molecule has 0 amide bonds. The molecule has 1 aliphatic rings. The number of likely N-dealkylation sites (N-methyl/N-ethyl adjacent to an activating group) is 1. The van der Waals surface area contributed by atoms with E-state index in [1.54, 1.807) is 6.20 Å². The van der Waals surface area contributed by atoms with Crippen molar-refractivity contribution in [3.8, 4) is 0 Å². The Morgan fingerprint density at radius 1 is 1.53 bits per heavy atom. The molecule has 2 rings (SSSR count). The molecule has 0 bridgehead atoms. The Hall–Kier alpha value is -1.20. The molecule has 5 heteroatoms. The summed E-state index contributed by atoms with van der Waals surface area (Å²) in [7, 11) is 1.99. The third-order valence-electron chi connectivity index (χ3n) is 3.00. The van der Waals surface area contributed by atoms with Crippen molar-refractivity contribution in [1.29, 1.82) is 0 Å². The molecule has 0 radical (unpaired) electrons. The van der Waals surface area contributed by atoms with Gasteiger partial charge in [-0.2, -0.15) is 0 Å². The Kier molecular flexibility index (Phi) is 4.28. The van der Waals surface area contributed by atoms with Crippen LogP contribution in [0, 0.1) is 0 Å². The Morgan fingerprint density at radius 2 is 2.41 bits per heavy atom. The van der Waals surface area contributed by atoms with Crippen LogP contribution < -0.4 is 10.6 Å². The lowest BCUT2D eigenvalue weighted by atomic mass is 10.1. The van der Waals surface area contributed by atoms with Gasteiger partial charge in [0.2, 0.25) is 5.95 Å². The summed E-state index contributed by atoms with van der Waals surface area (Å²) >= 11 is 0. The molecule has 1 saturated heterocycles. The fourth-order valence-electron chi connectivity index (χ4n) is 2.02. The molecule has 94 valence electrons. The molecule has 2 heterocycles. The van der Waals surface area contributed by atoms with Crippen LogP contribution >= 0.6 is 0 Å². The summed E-state index contributed by atoms with van der Waals surface area (Å²) < 4.78 is 5.70. The summed E-state index contributed by atoms with van der Waals surface area (Å²) in [6, 6.07) is 1.84. The molecular formula is C12H20N4O. The van der Waals surface area contributed by atoms with Crippen molar-refractivity contribution in [2.45, 2.75) is 31.9 Å². The van der Waals surface area contributed by atoms with Gasteiger partial charge in [-0.1, -0.05) is 0 Å². The molecular weight excluding hydrogens is 216 g/mol. The van der Waals surface area contributed by atoms with E-state index in [1.165, 1.54) is 12.8 Å². The average Bonchev–Trinajstić information content (AvgIpc) is 2.40. The summed E-state index contributed by atoms with van der Waals surface area (Å²) in [5.74, 6) is 0.724. The lowest BCUT2D eigenvalue weighted by molar-refractivity contribution is 0.0214. The molecule has 0 aromatic carbocycles. The Morgan fingerprint density at radius 3 is 3.12 bits per heavy atom. The second-order valence-electron chi connectivity index (χ2n) is 4.42. The highest BCUT2D eigenvalue weighted by atomic mass is 16.5. The Bertz CT molecular complexity index is 352. The van der Waals surface area contributed by atoms with Gasteiger partial charge in [0.15, 0.2) is 0 Å². The molecule has 1 fully saturated rings. The lowest BCUT2D eigenvalue weighted by Gasteiger charge is -2.27. The van der Waals surface area contributed by atoms with Crippen molar-refractivity contribution < 1.29 is 4.74 Å². The van der Waals surface area contributed by atoms with E-state index in [1.807, 2.05) is 18.0 Å². The molecule has 1 aromatic rings. The molecule has 1 aliphatic heterocycles. The first-order valence-corrected chi connectivity index (χ1v) is 6.14. The van der Waals surface area contributed by atoms with Crippen LogP contribution in [0.3, 0.4) is 0 Å². The van der Waals surface area contributed by atoms with Crippen molar-refractivity contribution >= 4 is 5.95 Å². The van der Waals surface area contributed by atoms with Gasteiger partial charge in [-0.3, -0.25) is 0 Å². The van der Waals surface area contributed by atoms with Gasteiger partial charge in [0, 0.05) is 32.9 Å². The topological polar surface area (TPSA) is 64.3 Å². The molecule has 5 nitrogen and oxygen atoms in total. The van der Waals surface area contributed by atoms with Crippen molar-refractivity contribution in [2.24, 2.45) is 5.73 Å². The zero-order chi connectivity index (χ0) is 12.1. The molecule has 17 heavy (non-hydrogen) atoms. The highest BCUT2D eigenvalue weighted by Gasteiger charge is 2.17. The fraction of sp³-hybridized carbons (Fsp3) is 0.667. The molecule has 1 atom stereocenters. The van der Waals surface area contributed by atoms with Crippen LogP contribution in [0.2, 0.25) is 0 Å². The molecule has 1 aromatic heterocycles. The Balaban J connectivity index is 1.95. The van der Waals surface area contributed by atoms with Crippen LogP contribution in [0.25, 0.3) is 0 Å². The van der Waals surface area contributed by atoms with Crippen molar-refractivity contribution in [1.82, 2.24) is 9.97 Å². The van der Waals surface area contributed by atoms with E-state index in [4.69, 9.17) is 10.5 Å². The predicted molar refractivity (Wildman–Crippen MR) is 66.8 cm³/mol. The van der Waals surface area contributed by atoms with Gasteiger partial charge in [-0.05, 0) is 25.3 Å². The Labute approximate surface area is 102 Å². The number of ether oxygens (including phenoxy) is 1. The van der Waals surface area contributed by atoms with E-state index < -0.39 is 0 Å². The quantitative estimate of drug-likeness (QED) is 0.843. The van der Waals surface area contributed by atoms with Crippen molar-refractivity contribution in [3.05, 3.63) is 18.0 Å². The van der Waals surface area contributed by atoms with Crippen molar-refractivity contribution in [3.63, 3.8) is 0 Å². The highest BCUT2D eigenvalue weighted by molar-refractivity contribution is 5.29. The van der Waals surface area contributed by atoms with Gasteiger partial charge < -0.3 is 15.4 Å². The minimum Gasteiger partial charge on any atom is -0.376 e. The van der Waals surface area contributed by atoms with Gasteiger partial charge in [-0.25, -0.2) is 9.97 Å². The first kappa shape index (κ1) is 12.3.